The molecule has 1 aromatic heterocycles. The van der Waals surface area contributed by atoms with Crippen LogP contribution in [0.2, 0.25) is 5.02 Å². The average Bonchev–Trinajstić information content (AvgIpc) is 3.57. The van der Waals surface area contributed by atoms with Crippen LogP contribution in [0.5, 0.6) is 11.5 Å². The highest BCUT2D eigenvalue weighted by Gasteiger charge is 2.31. The molecule has 2 aliphatic heterocycles. The Morgan fingerprint density at radius 2 is 1.78 bits per heavy atom. The molecule has 0 radical (unpaired) electrons. The van der Waals surface area contributed by atoms with Gasteiger partial charge in [0, 0.05) is 59.3 Å². The number of hydrogen-bond acceptors (Lipinski definition) is 10. The monoisotopic (exact) mass is 715 g/mol. The van der Waals surface area contributed by atoms with Crippen molar-refractivity contribution in [3.63, 3.8) is 0 Å². The molecule has 0 bridgehead atoms. The van der Waals surface area contributed by atoms with E-state index in [1.807, 2.05) is 37.3 Å². The number of fused-ring (bicyclic) bond motifs is 1. The van der Waals surface area contributed by atoms with Crippen molar-refractivity contribution < 1.29 is 34.0 Å². The summed E-state index contributed by atoms with van der Waals surface area (Å²) in [5.41, 5.74) is 6.82. The molecule has 1 saturated heterocycles. The number of nitrogens with zero attached hydrogens (tertiary/aromatic N) is 2. The minimum absolute atomic E-state index is 0.209. The van der Waals surface area contributed by atoms with E-state index in [2.05, 4.69) is 20.9 Å². The molecule has 0 unspecified atom stereocenters. The number of aliphatic hydroxyl groups is 2. The Hall–Kier alpha value is -4.56. The van der Waals surface area contributed by atoms with E-state index in [1.165, 1.54) is 7.11 Å². The van der Waals surface area contributed by atoms with E-state index in [-0.39, 0.29) is 25.0 Å². The van der Waals surface area contributed by atoms with Gasteiger partial charge in [0.05, 0.1) is 63.4 Å². The van der Waals surface area contributed by atoms with Crippen molar-refractivity contribution >= 4 is 34.8 Å². The number of aliphatic hydroxyl groups excluding tert-OH is 2. The van der Waals surface area contributed by atoms with Gasteiger partial charge in [-0.25, -0.2) is 0 Å². The molecular formula is C38H42ClN5O7. The first kappa shape index (κ1) is 36.2. The number of methoxy groups -OCH3 is 2. The van der Waals surface area contributed by atoms with Crippen LogP contribution in [0, 0.1) is 6.92 Å². The third kappa shape index (κ3) is 7.57. The van der Waals surface area contributed by atoms with Crippen molar-refractivity contribution in [2.75, 3.05) is 57.4 Å². The minimum atomic E-state index is -0.468. The van der Waals surface area contributed by atoms with Gasteiger partial charge in [-0.3, -0.25) is 14.6 Å². The van der Waals surface area contributed by atoms with E-state index in [4.69, 9.17) is 25.8 Å². The number of carbonyl (C=O) groups is 2. The predicted octanol–water partition coefficient (Wildman–Crippen LogP) is 4.11. The Bertz CT molecular complexity index is 1910. The number of hydrogen-bond donors (Lipinski definition) is 5. The molecule has 0 saturated carbocycles. The molecule has 0 spiro atoms. The highest BCUT2D eigenvalue weighted by molar-refractivity contribution is 6.36. The van der Waals surface area contributed by atoms with Crippen LogP contribution in [0.4, 0.5) is 11.4 Å². The lowest BCUT2D eigenvalue weighted by molar-refractivity contribution is -0.00586. The van der Waals surface area contributed by atoms with Crippen LogP contribution in [0.25, 0.3) is 11.1 Å². The number of rotatable bonds is 14. The van der Waals surface area contributed by atoms with Gasteiger partial charge in [-0.15, -0.1) is 0 Å². The van der Waals surface area contributed by atoms with E-state index in [0.29, 0.717) is 84.3 Å². The highest BCUT2D eigenvalue weighted by Crippen LogP contribution is 2.42. The summed E-state index contributed by atoms with van der Waals surface area (Å²) in [6, 6.07) is 16.2. The van der Waals surface area contributed by atoms with Gasteiger partial charge >= 0.3 is 0 Å². The van der Waals surface area contributed by atoms with E-state index in [1.54, 1.807) is 42.5 Å². The van der Waals surface area contributed by atoms with Gasteiger partial charge < -0.3 is 45.3 Å². The van der Waals surface area contributed by atoms with Gasteiger partial charge in [0.25, 0.3) is 11.8 Å². The summed E-state index contributed by atoms with van der Waals surface area (Å²) in [6.45, 7) is 4.16. The van der Waals surface area contributed by atoms with Crippen molar-refractivity contribution in [3.8, 4) is 22.6 Å². The summed E-state index contributed by atoms with van der Waals surface area (Å²) in [5.74, 6) is 0.544. The summed E-state index contributed by atoms with van der Waals surface area (Å²) in [4.78, 5) is 33.7. The minimum Gasteiger partial charge on any atom is -0.496 e. The van der Waals surface area contributed by atoms with Crippen molar-refractivity contribution in [2.24, 2.45) is 0 Å². The number of pyridine rings is 1. The van der Waals surface area contributed by atoms with Crippen LogP contribution < -0.4 is 30.3 Å². The largest absolute Gasteiger partial charge is 0.496 e. The summed E-state index contributed by atoms with van der Waals surface area (Å²) >= 11 is 6.98. The smallest absolute Gasteiger partial charge is 0.277 e. The number of benzene rings is 3. The standard InChI is InChI=1S/C38H42ClN5O7/c1-22-35(42-17-25(36(22)50-3)16-41-27-20-51-21-27)38(48)44-13-12-29-28(6-5-9-32(29)44)30-7-4-8-31(34(30)39)43-37(47)23-10-11-24(33(14-23)49-2)15-40-26(18-45)19-46/h4-11,14,17,26-27,40-41,45-46H,12-13,15-16,18-21H2,1-3H3,(H,43,47). The van der Waals surface area contributed by atoms with Crippen LogP contribution in [-0.2, 0) is 24.2 Å². The van der Waals surface area contributed by atoms with Crippen molar-refractivity contribution in [3.05, 3.63) is 99.3 Å². The lowest BCUT2D eigenvalue weighted by Crippen LogP contribution is -2.45. The van der Waals surface area contributed by atoms with E-state index < -0.39 is 6.04 Å². The number of carbonyl (C=O) groups excluding carboxylic acids is 2. The van der Waals surface area contributed by atoms with E-state index in [0.717, 1.165) is 33.5 Å². The van der Waals surface area contributed by atoms with Crippen LogP contribution in [0.1, 0.15) is 43.1 Å². The quantitative estimate of drug-likeness (QED) is 0.129. The molecule has 0 atom stereocenters. The Kier molecular flexibility index (Phi) is 11.5. The van der Waals surface area contributed by atoms with Gasteiger partial charge in [0.15, 0.2) is 0 Å². The second kappa shape index (κ2) is 16.2. The second-order valence-electron chi connectivity index (χ2n) is 12.5. The van der Waals surface area contributed by atoms with Crippen molar-refractivity contribution in [1.29, 1.82) is 0 Å². The number of amides is 2. The van der Waals surface area contributed by atoms with E-state index in [9.17, 15) is 19.8 Å². The fourth-order valence-electron chi connectivity index (χ4n) is 6.41. The third-order valence-electron chi connectivity index (χ3n) is 9.34. The molecule has 5 N–H and O–H groups in total. The SMILES string of the molecule is COc1cc(C(=O)Nc2cccc(-c3cccc4c3CCN4C(=O)c3ncc(CNC4COC4)c(OC)c3C)c2Cl)ccc1CNC(CO)CO. The zero-order chi connectivity index (χ0) is 36.1. The van der Waals surface area contributed by atoms with Crippen LogP contribution in [-0.4, -0.2) is 86.3 Å². The fourth-order valence-corrected chi connectivity index (χ4v) is 6.68. The van der Waals surface area contributed by atoms with Gasteiger partial charge in [0.1, 0.15) is 17.2 Å². The molecule has 13 heteroatoms. The first-order valence-electron chi connectivity index (χ1n) is 16.8. The summed E-state index contributed by atoms with van der Waals surface area (Å²) in [7, 11) is 3.12. The van der Waals surface area contributed by atoms with Crippen LogP contribution in [0.15, 0.2) is 60.8 Å². The molecule has 3 heterocycles. The highest BCUT2D eigenvalue weighted by atomic mass is 35.5. The predicted molar refractivity (Wildman–Crippen MR) is 195 cm³/mol. The maximum absolute atomic E-state index is 14.0. The Morgan fingerprint density at radius 3 is 2.49 bits per heavy atom. The number of aromatic nitrogens is 1. The van der Waals surface area contributed by atoms with Gasteiger partial charge in [0.2, 0.25) is 0 Å². The lowest BCUT2D eigenvalue weighted by Gasteiger charge is -2.27. The first-order valence-corrected chi connectivity index (χ1v) is 17.1. The first-order chi connectivity index (χ1) is 24.8. The Balaban J connectivity index is 1.21. The van der Waals surface area contributed by atoms with Crippen molar-refractivity contribution in [1.82, 2.24) is 15.6 Å². The molecule has 6 rings (SSSR count). The summed E-state index contributed by atoms with van der Waals surface area (Å²) < 4.78 is 16.5. The fraction of sp³-hybridized carbons (Fsp3) is 0.342. The van der Waals surface area contributed by atoms with Crippen LogP contribution >= 0.6 is 11.6 Å². The molecule has 3 aromatic carbocycles. The second-order valence-corrected chi connectivity index (χ2v) is 12.9. The Morgan fingerprint density at radius 1 is 1.02 bits per heavy atom. The maximum atomic E-state index is 14.0. The summed E-state index contributed by atoms with van der Waals surface area (Å²) in [5, 5.41) is 28.5. The zero-order valence-electron chi connectivity index (χ0n) is 28.8. The molecular weight excluding hydrogens is 674 g/mol. The van der Waals surface area contributed by atoms with Gasteiger partial charge in [-0.2, -0.15) is 0 Å². The molecule has 51 heavy (non-hydrogen) atoms. The topological polar surface area (TPSA) is 155 Å². The molecule has 0 aliphatic carbocycles. The molecule has 2 aliphatic rings. The Labute approximate surface area is 301 Å². The van der Waals surface area contributed by atoms with E-state index >= 15 is 0 Å². The van der Waals surface area contributed by atoms with Crippen LogP contribution in [0.3, 0.4) is 0 Å². The lowest BCUT2D eigenvalue weighted by atomic mass is 9.97. The normalized spacial score (nSPS) is 14.0. The number of ether oxygens (including phenoxy) is 3. The maximum Gasteiger partial charge on any atom is 0.277 e. The van der Waals surface area contributed by atoms with Gasteiger partial charge in [-0.1, -0.05) is 41.9 Å². The zero-order valence-corrected chi connectivity index (χ0v) is 29.5. The molecule has 4 aromatic rings. The van der Waals surface area contributed by atoms with Crippen molar-refractivity contribution in [2.45, 2.75) is 38.5 Å². The average molecular weight is 716 g/mol. The molecule has 12 nitrogen and oxygen atoms in total. The molecule has 268 valence electrons. The molecule has 1 fully saturated rings. The third-order valence-corrected chi connectivity index (χ3v) is 9.75. The number of halogens is 1. The van der Waals surface area contributed by atoms with Gasteiger partial charge in [-0.05, 0) is 48.7 Å². The number of nitrogens with one attached hydrogen (secondary N) is 3. The molecule has 2 amide bonds. The summed E-state index contributed by atoms with van der Waals surface area (Å²) in [6.07, 6.45) is 2.32. The number of anilines is 2.